The average Bonchev–Trinajstić information content (AvgIpc) is 3.29. The van der Waals surface area contributed by atoms with Crippen LogP contribution in [0.2, 0.25) is 0 Å². The first-order valence-corrected chi connectivity index (χ1v) is 14.3. The number of hydrogen-bond donors (Lipinski definition) is 1. The van der Waals surface area contributed by atoms with Gasteiger partial charge in [-0.15, -0.1) is 0 Å². The smallest absolute Gasteiger partial charge is 0.305 e. The van der Waals surface area contributed by atoms with Gasteiger partial charge in [-0.3, -0.25) is 24.0 Å². The lowest BCUT2D eigenvalue weighted by Gasteiger charge is -2.09. The molecule has 2 amide bonds. The summed E-state index contributed by atoms with van der Waals surface area (Å²) in [5, 5.41) is 7.06. The number of nitrogens with zero attached hydrogens (tertiary/aromatic N) is 4. The number of pyridine rings is 1. The first-order valence-electron chi connectivity index (χ1n) is 12.4. The fraction of sp³-hybridized carbons (Fsp3) is 0.207. The zero-order valence-corrected chi connectivity index (χ0v) is 23.4. The van der Waals surface area contributed by atoms with Crippen LogP contribution in [0.3, 0.4) is 0 Å². The number of nitrogens with one attached hydrogen (secondary N) is 1. The third-order valence-corrected chi connectivity index (χ3v) is 7.80. The van der Waals surface area contributed by atoms with Crippen molar-refractivity contribution in [1.29, 1.82) is 0 Å². The molecule has 0 bridgehead atoms. The number of hydrogen-bond acceptors (Lipinski definition) is 7. The van der Waals surface area contributed by atoms with Crippen molar-refractivity contribution in [2.24, 2.45) is 11.4 Å². The van der Waals surface area contributed by atoms with Crippen molar-refractivity contribution < 1.29 is 23.3 Å². The highest BCUT2D eigenvalue weighted by Crippen LogP contribution is 2.24. The molecular formula is C29H29N5O5S. The average molecular weight is 560 g/mol. The Labute approximate surface area is 232 Å². The Hall–Kier alpha value is -4.64. The molecule has 206 valence electrons. The van der Waals surface area contributed by atoms with Crippen LogP contribution in [0, 0.1) is 6.92 Å². The van der Waals surface area contributed by atoms with Crippen molar-refractivity contribution in [2.45, 2.75) is 24.7 Å². The second-order valence-corrected chi connectivity index (χ2v) is 11.5. The van der Waals surface area contributed by atoms with Crippen molar-refractivity contribution in [3.8, 4) is 11.1 Å². The highest BCUT2D eigenvalue weighted by molar-refractivity contribution is 7.93. The van der Waals surface area contributed by atoms with Gasteiger partial charge in [0.25, 0.3) is 11.8 Å². The highest BCUT2D eigenvalue weighted by Gasteiger charge is 2.15. The predicted molar refractivity (Wildman–Crippen MR) is 151 cm³/mol. The molecular weight excluding hydrogens is 530 g/mol. The molecule has 0 aliphatic rings. The van der Waals surface area contributed by atoms with Crippen LogP contribution in [0.1, 0.15) is 38.5 Å². The fourth-order valence-corrected chi connectivity index (χ4v) is 5.20. The number of amides is 2. The van der Waals surface area contributed by atoms with Gasteiger partial charge in [-0.25, -0.2) is 4.21 Å². The molecule has 0 fully saturated rings. The second kappa shape index (κ2) is 12.0. The van der Waals surface area contributed by atoms with Gasteiger partial charge < -0.3 is 10.1 Å². The maximum atomic E-state index is 13.3. The molecule has 1 N–H and O–H groups in total. The Balaban J connectivity index is 1.51. The van der Waals surface area contributed by atoms with E-state index in [0.29, 0.717) is 28.3 Å². The van der Waals surface area contributed by atoms with E-state index in [4.69, 9.17) is 0 Å². The maximum Gasteiger partial charge on any atom is 0.305 e. The van der Waals surface area contributed by atoms with E-state index in [0.717, 1.165) is 16.8 Å². The summed E-state index contributed by atoms with van der Waals surface area (Å²) < 4.78 is 23.5. The number of anilines is 1. The molecule has 4 rings (SSSR count). The van der Waals surface area contributed by atoms with E-state index in [9.17, 15) is 18.6 Å². The van der Waals surface area contributed by atoms with Gasteiger partial charge in [0, 0.05) is 48.3 Å². The number of carbonyl (C=O) groups excluding carboxylic acids is 3. The zero-order chi connectivity index (χ0) is 28.9. The molecule has 0 radical (unpaired) electrons. The third-order valence-electron chi connectivity index (χ3n) is 6.14. The lowest BCUT2D eigenvalue weighted by molar-refractivity contribution is -0.140. The van der Waals surface area contributed by atoms with E-state index in [-0.39, 0.29) is 23.9 Å². The molecule has 10 nitrogen and oxygen atoms in total. The Morgan fingerprint density at radius 1 is 1.02 bits per heavy atom. The van der Waals surface area contributed by atoms with E-state index in [1.807, 2.05) is 13.0 Å². The van der Waals surface area contributed by atoms with Crippen LogP contribution in [0.25, 0.3) is 11.1 Å². The van der Waals surface area contributed by atoms with Crippen molar-refractivity contribution >= 4 is 33.2 Å². The monoisotopic (exact) mass is 559 g/mol. The number of methoxy groups -OCH3 is 1. The Kier molecular flexibility index (Phi) is 8.54. The van der Waals surface area contributed by atoms with E-state index in [2.05, 4.69) is 24.5 Å². The first-order chi connectivity index (χ1) is 19.1. The summed E-state index contributed by atoms with van der Waals surface area (Å²) in [6.07, 6.45) is 5.10. The van der Waals surface area contributed by atoms with Gasteiger partial charge in [-0.1, -0.05) is 24.3 Å². The van der Waals surface area contributed by atoms with E-state index in [1.54, 1.807) is 67.8 Å². The number of esters is 1. The summed E-state index contributed by atoms with van der Waals surface area (Å²) in [6, 6.07) is 17.3. The van der Waals surface area contributed by atoms with Gasteiger partial charge in [0.05, 0.1) is 28.1 Å². The fourth-order valence-electron chi connectivity index (χ4n) is 4.03. The van der Waals surface area contributed by atoms with Gasteiger partial charge in [0.15, 0.2) is 0 Å². The molecule has 0 saturated heterocycles. The van der Waals surface area contributed by atoms with E-state index in [1.165, 1.54) is 24.2 Å². The molecule has 1 unspecified atom stereocenters. The van der Waals surface area contributed by atoms with Gasteiger partial charge in [0.1, 0.15) is 5.69 Å². The molecule has 0 saturated carbocycles. The first kappa shape index (κ1) is 28.4. The minimum absolute atomic E-state index is 0.182. The second-order valence-electron chi connectivity index (χ2n) is 9.21. The Bertz CT molecular complexity index is 1700. The van der Waals surface area contributed by atoms with Gasteiger partial charge in [-0.2, -0.15) is 9.46 Å². The molecule has 0 aliphatic heterocycles. The zero-order valence-electron chi connectivity index (χ0n) is 22.6. The van der Waals surface area contributed by atoms with Crippen LogP contribution in [-0.2, 0) is 32.7 Å². The number of carbonyl (C=O) groups is 3. The summed E-state index contributed by atoms with van der Waals surface area (Å²) in [5.74, 6) is -1.26. The van der Waals surface area contributed by atoms with Gasteiger partial charge in [0.2, 0.25) is 0 Å². The normalized spacial score (nSPS) is 12.3. The number of ether oxygens (including phenoxy) is 1. The lowest BCUT2D eigenvalue weighted by atomic mass is 10.1. The minimum atomic E-state index is -3.03. The molecule has 11 heteroatoms. The van der Waals surface area contributed by atoms with Crippen LogP contribution in [0.5, 0.6) is 0 Å². The summed E-state index contributed by atoms with van der Waals surface area (Å²) >= 11 is 0. The van der Waals surface area contributed by atoms with Crippen LogP contribution in [-0.4, -0.2) is 50.1 Å². The predicted octanol–water partition coefficient (Wildman–Crippen LogP) is 4.45. The summed E-state index contributed by atoms with van der Waals surface area (Å²) in [7, 11) is 0.00556. The largest absolute Gasteiger partial charge is 0.469 e. The standard InChI is InChI=1S/C29H29N5O5S/c1-19-14-26(34(2)32-19)29(37)31-24-7-5-6-21(16-24)22-15-23(18-30-17-22)28(36)33-40(4,38)25-11-8-20(9-12-25)10-13-27(35)39-3/h5-9,11-12,14-18H,10,13H2,1-4H3,(H,31,37). The number of benzene rings is 2. The van der Waals surface area contributed by atoms with E-state index >= 15 is 0 Å². The summed E-state index contributed by atoms with van der Waals surface area (Å²) in [5.41, 5.74) is 4.14. The molecule has 1 atom stereocenters. The summed E-state index contributed by atoms with van der Waals surface area (Å²) in [6.45, 7) is 1.81. The molecule has 4 aromatic rings. The lowest BCUT2D eigenvalue weighted by Crippen LogP contribution is -2.16. The molecule has 2 aromatic heterocycles. The number of aromatic nitrogens is 3. The van der Waals surface area contributed by atoms with Gasteiger partial charge >= 0.3 is 5.97 Å². The highest BCUT2D eigenvalue weighted by atomic mass is 32.2. The number of aryl methyl sites for hydroxylation is 3. The Morgan fingerprint density at radius 3 is 2.45 bits per heavy atom. The van der Waals surface area contributed by atoms with Crippen LogP contribution >= 0.6 is 0 Å². The third kappa shape index (κ3) is 6.86. The van der Waals surface area contributed by atoms with Crippen LogP contribution in [0.15, 0.2) is 82.3 Å². The van der Waals surface area contributed by atoms with Crippen molar-refractivity contribution in [1.82, 2.24) is 14.8 Å². The van der Waals surface area contributed by atoms with Crippen molar-refractivity contribution in [3.05, 3.63) is 95.6 Å². The van der Waals surface area contributed by atoms with Crippen molar-refractivity contribution in [2.75, 3.05) is 18.7 Å². The van der Waals surface area contributed by atoms with Crippen molar-refractivity contribution in [3.63, 3.8) is 0 Å². The molecule has 2 aromatic carbocycles. The van der Waals surface area contributed by atoms with E-state index < -0.39 is 15.6 Å². The maximum absolute atomic E-state index is 13.3. The molecule has 0 spiro atoms. The SMILES string of the molecule is COC(=O)CCc1ccc(S(C)(=O)=NC(=O)c2cncc(-c3cccc(NC(=O)c4cc(C)nn4C)c3)c2)cc1. The molecule has 0 aliphatic carbocycles. The summed E-state index contributed by atoms with van der Waals surface area (Å²) in [4.78, 5) is 41.6. The Morgan fingerprint density at radius 2 is 1.77 bits per heavy atom. The van der Waals surface area contributed by atoms with Crippen LogP contribution < -0.4 is 5.32 Å². The topological polar surface area (TPSA) is 133 Å². The quantitative estimate of drug-likeness (QED) is 0.316. The minimum Gasteiger partial charge on any atom is -0.469 e. The number of rotatable bonds is 8. The molecule has 2 heterocycles. The van der Waals surface area contributed by atoms with Crippen LogP contribution in [0.4, 0.5) is 5.69 Å². The molecule has 40 heavy (non-hydrogen) atoms. The van der Waals surface area contributed by atoms with Gasteiger partial charge in [-0.05, 0) is 60.9 Å².